The molecule has 0 aromatic rings. The first-order valence-electron chi connectivity index (χ1n) is 3.06. The maximum absolute atomic E-state index is 9.25. The summed E-state index contributed by atoms with van der Waals surface area (Å²) in [5, 5.41) is 9.25. The molecule has 0 saturated heterocycles. The molecular formula is C7H7NO2. The highest BCUT2D eigenvalue weighted by Gasteiger charge is 2.20. The predicted octanol–water partition coefficient (Wildman–Crippen LogP) is 0.519. The van der Waals surface area contributed by atoms with Gasteiger partial charge in [0.05, 0.1) is 0 Å². The van der Waals surface area contributed by atoms with Crippen molar-refractivity contribution in [3.63, 3.8) is 0 Å². The standard InChI is InChI=1S/C7H7NO2/c9-6-2-1-3-7-8(6)4-5-10-7/h1-6,9H. The quantitative estimate of drug-likeness (QED) is 0.528. The molecule has 2 aliphatic rings. The van der Waals surface area contributed by atoms with E-state index >= 15 is 0 Å². The van der Waals surface area contributed by atoms with Crippen LogP contribution in [0.4, 0.5) is 0 Å². The van der Waals surface area contributed by atoms with Gasteiger partial charge in [-0.05, 0) is 12.2 Å². The lowest BCUT2D eigenvalue weighted by atomic mass is 10.3. The van der Waals surface area contributed by atoms with Gasteiger partial charge in [0.1, 0.15) is 6.26 Å². The van der Waals surface area contributed by atoms with Crippen molar-refractivity contribution in [1.29, 1.82) is 0 Å². The van der Waals surface area contributed by atoms with Crippen LogP contribution >= 0.6 is 0 Å². The van der Waals surface area contributed by atoms with Gasteiger partial charge in [-0.2, -0.15) is 0 Å². The number of hydrogen-bond donors (Lipinski definition) is 1. The van der Waals surface area contributed by atoms with E-state index < -0.39 is 6.23 Å². The number of nitrogens with zero attached hydrogens (tertiary/aromatic N) is 1. The van der Waals surface area contributed by atoms with Crippen molar-refractivity contribution in [2.24, 2.45) is 0 Å². The second-order valence-corrected chi connectivity index (χ2v) is 2.11. The Bertz CT molecular complexity index is 230. The summed E-state index contributed by atoms with van der Waals surface area (Å²) in [5.74, 6) is 0.676. The lowest BCUT2D eigenvalue weighted by Gasteiger charge is -2.22. The van der Waals surface area contributed by atoms with Crippen LogP contribution in [0.25, 0.3) is 0 Å². The molecule has 1 atom stereocenters. The number of aliphatic hydroxyl groups excluding tert-OH is 1. The van der Waals surface area contributed by atoms with Gasteiger partial charge in [0, 0.05) is 6.20 Å². The molecule has 3 nitrogen and oxygen atoms in total. The smallest absolute Gasteiger partial charge is 0.201 e. The molecule has 0 aromatic carbocycles. The summed E-state index contributed by atoms with van der Waals surface area (Å²) in [6.07, 6.45) is 7.92. The SMILES string of the molecule is OC1C=CC=C2OC=CN21. The molecule has 1 unspecified atom stereocenters. The van der Waals surface area contributed by atoms with Crippen molar-refractivity contribution >= 4 is 0 Å². The summed E-state index contributed by atoms with van der Waals surface area (Å²) in [4.78, 5) is 1.64. The Hall–Kier alpha value is -1.22. The van der Waals surface area contributed by atoms with E-state index in [1.54, 1.807) is 35.6 Å². The van der Waals surface area contributed by atoms with E-state index in [0.717, 1.165) is 0 Å². The number of aliphatic hydroxyl groups is 1. The molecule has 0 amide bonds. The van der Waals surface area contributed by atoms with Crippen LogP contribution in [0.3, 0.4) is 0 Å². The van der Waals surface area contributed by atoms with E-state index in [0.29, 0.717) is 5.88 Å². The van der Waals surface area contributed by atoms with Gasteiger partial charge in [0.15, 0.2) is 6.23 Å². The molecule has 3 heteroatoms. The maximum atomic E-state index is 9.25. The Morgan fingerprint density at radius 1 is 1.60 bits per heavy atom. The molecule has 2 aliphatic heterocycles. The monoisotopic (exact) mass is 137 g/mol. The Morgan fingerprint density at radius 3 is 3.30 bits per heavy atom. The third-order valence-corrected chi connectivity index (χ3v) is 1.47. The maximum Gasteiger partial charge on any atom is 0.201 e. The van der Waals surface area contributed by atoms with Crippen LogP contribution in [0.2, 0.25) is 0 Å². The van der Waals surface area contributed by atoms with Gasteiger partial charge in [-0.15, -0.1) is 0 Å². The molecule has 0 fully saturated rings. The highest BCUT2D eigenvalue weighted by Crippen LogP contribution is 2.21. The average Bonchev–Trinajstić information content (AvgIpc) is 2.36. The van der Waals surface area contributed by atoms with Crippen molar-refractivity contribution in [2.75, 3.05) is 0 Å². The van der Waals surface area contributed by atoms with Gasteiger partial charge >= 0.3 is 0 Å². The van der Waals surface area contributed by atoms with Crippen LogP contribution in [0, 0.1) is 0 Å². The summed E-state index contributed by atoms with van der Waals surface area (Å²) in [6, 6.07) is 0. The summed E-state index contributed by atoms with van der Waals surface area (Å²) in [6.45, 7) is 0. The van der Waals surface area contributed by atoms with Crippen LogP contribution in [-0.2, 0) is 4.74 Å². The Kier molecular flexibility index (Phi) is 1.05. The van der Waals surface area contributed by atoms with Gasteiger partial charge in [-0.1, -0.05) is 6.08 Å². The fourth-order valence-electron chi connectivity index (χ4n) is 0.974. The Labute approximate surface area is 58.5 Å². The molecule has 1 N–H and O–H groups in total. The number of ether oxygens (including phenoxy) is 1. The summed E-state index contributed by atoms with van der Waals surface area (Å²) < 4.78 is 5.02. The van der Waals surface area contributed by atoms with Crippen molar-refractivity contribution in [3.05, 3.63) is 36.6 Å². The molecule has 0 aromatic heterocycles. The zero-order chi connectivity index (χ0) is 6.97. The van der Waals surface area contributed by atoms with Gasteiger partial charge < -0.3 is 9.84 Å². The normalized spacial score (nSPS) is 27.9. The summed E-state index contributed by atoms with van der Waals surface area (Å²) >= 11 is 0. The molecule has 10 heavy (non-hydrogen) atoms. The number of rotatable bonds is 0. The van der Waals surface area contributed by atoms with E-state index in [2.05, 4.69) is 0 Å². The van der Waals surface area contributed by atoms with E-state index in [9.17, 15) is 5.11 Å². The fourth-order valence-corrected chi connectivity index (χ4v) is 0.974. The van der Waals surface area contributed by atoms with Crippen molar-refractivity contribution in [1.82, 2.24) is 4.90 Å². The molecule has 0 radical (unpaired) electrons. The van der Waals surface area contributed by atoms with E-state index in [1.807, 2.05) is 0 Å². The van der Waals surface area contributed by atoms with E-state index in [1.165, 1.54) is 0 Å². The predicted molar refractivity (Wildman–Crippen MR) is 35.3 cm³/mol. The molecule has 2 heterocycles. The number of fused-ring (bicyclic) bond motifs is 1. The zero-order valence-corrected chi connectivity index (χ0v) is 5.27. The lowest BCUT2D eigenvalue weighted by molar-refractivity contribution is 0.0783. The Morgan fingerprint density at radius 2 is 2.50 bits per heavy atom. The zero-order valence-electron chi connectivity index (χ0n) is 5.27. The van der Waals surface area contributed by atoms with Crippen LogP contribution in [0.5, 0.6) is 0 Å². The van der Waals surface area contributed by atoms with Crippen molar-refractivity contribution in [2.45, 2.75) is 6.23 Å². The van der Waals surface area contributed by atoms with E-state index in [4.69, 9.17) is 4.74 Å². The first-order chi connectivity index (χ1) is 4.88. The second kappa shape index (κ2) is 1.88. The Balaban J connectivity index is 2.31. The third kappa shape index (κ3) is 0.642. The molecule has 52 valence electrons. The topological polar surface area (TPSA) is 32.7 Å². The molecule has 0 spiro atoms. The summed E-state index contributed by atoms with van der Waals surface area (Å²) in [5.41, 5.74) is 0. The van der Waals surface area contributed by atoms with Crippen LogP contribution in [0.1, 0.15) is 0 Å². The van der Waals surface area contributed by atoms with Crippen LogP contribution in [-0.4, -0.2) is 16.2 Å². The number of allylic oxidation sites excluding steroid dienone is 2. The minimum absolute atomic E-state index is 0.571. The highest BCUT2D eigenvalue weighted by atomic mass is 16.5. The van der Waals surface area contributed by atoms with Gasteiger partial charge in [0.25, 0.3) is 0 Å². The first kappa shape index (κ1) is 5.56. The van der Waals surface area contributed by atoms with Crippen LogP contribution < -0.4 is 0 Å². The third-order valence-electron chi connectivity index (χ3n) is 1.47. The molecule has 2 rings (SSSR count). The van der Waals surface area contributed by atoms with Gasteiger partial charge in [-0.25, -0.2) is 0 Å². The van der Waals surface area contributed by atoms with Crippen molar-refractivity contribution < 1.29 is 9.84 Å². The van der Waals surface area contributed by atoms with Gasteiger partial charge in [0.2, 0.25) is 5.88 Å². The minimum Gasteiger partial charge on any atom is -0.447 e. The average molecular weight is 137 g/mol. The fraction of sp³-hybridized carbons (Fsp3) is 0.143. The van der Waals surface area contributed by atoms with Crippen LogP contribution in [0.15, 0.2) is 36.6 Å². The minimum atomic E-state index is -0.571. The molecule has 0 bridgehead atoms. The van der Waals surface area contributed by atoms with E-state index in [-0.39, 0.29) is 0 Å². The molecular weight excluding hydrogens is 130 g/mol. The van der Waals surface area contributed by atoms with Gasteiger partial charge in [-0.3, -0.25) is 4.90 Å². The van der Waals surface area contributed by atoms with Crippen molar-refractivity contribution in [3.8, 4) is 0 Å². The molecule has 0 aliphatic carbocycles. The lowest BCUT2D eigenvalue weighted by Crippen LogP contribution is -2.27. The summed E-state index contributed by atoms with van der Waals surface area (Å²) in [7, 11) is 0. The second-order valence-electron chi connectivity index (χ2n) is 2.11. The number of hydrogen-bond acceptors (Lipinski definition) is 3. The molecule has 0 saturated carbocycles. The first-order valence-corrected chi connectivity index (χ1v) is 3.06. The largest absolute Gasteiger partial charge is 0.447 e. The highest BCUT2D eigenvalue weighted by molar-refractivity contribution is 5.20.